The molecule has 1 aliphatic carbocycles. The zero-order chi connectivity index (χ0) is 16.2. The van der Waals surface area contributed by atoms with Crippen LogP contribution >= 0.6 is 11.6 Å². The highest BCUT2D eigenvalue weighted by molar-refractivity contribution is 6.31. The smallest absolute Gasteiger partial charge is 0.416 e. The molecule has 0 spiro atoms. The lowest BCUT2D eigenvalue weighted by Gasteiger charge is -2.15. The van der Waals surface area contributed by atoms with Crippen molar-refractivity contribution in [1.82, 2.24) is 4.57 Å². The van der Waals surface area contributed by atoms with E-state index in [4.69, 9.17) is 11.6 Å². The first-order valence-electron chi connectivity index (χ1n) is 6.37. The van der Waals surface area contributed by atoms with Gasteiger partial charge in [0, 0.05) is 5.92 Å². The fraction of sp³-hybridized carbons (Fsp3) is 0.214. The minimum absolute atomic E-state index is 0.0693. The van der Waals surface area contributed by atoms with Crippen LogP contribution in [0.25, 0.3) is 10.9 Å². The van der Waals surface area contributed by atoms with E-state index in [1.807, 2.05) is 0 Å². The second-order valence-corrected chi connectivity index (χ2v) is 5.48. The predicted octanol–water partition coefficient (Wildman–Crippen LogP) is 2.90. The molecule has 0 amide bonds. The molecule has 22 heavy (non-hydrogen) atoms. The largest absolute Gasteiger partial charge is 0.477 e. The number of hydrogen-bond acceptors (Lipinski definition) is 3. The van der Waals surface area contributed by atoms with Crippen molar-refractivity contribution in [3.8, 4) is 0 Å². The average molecular weight is 326 g/mol. The molecule has 0 aliphatic heterocycles. The van der Waals surface area contributed by atoms with E-state index >= 15 is 0 Å². The third kappa shape index (κ3) is 2.05. The summed E-state index contributed by atoms with van der Waals surface area (Å²) in [5, 5.41) is 18.0. The van der Waals surface area contributed by atoms with Crippen molar-refractivity contribution in [2.45, 2.75) is 18.8 Å². The highest BCUT2D eigenvalue weighted by Gasteiger charge is 2.35. The number of fused-ring (bicyclic) bond motifs is 1. The number of rotatable bonds is 2. The Hall–Kier alpha value is -2.41. The average Bonchev–Trinajstić information content (AvgIpc) is 3.24. The van der Waals surface area contributed by atoms with Gasteiger partial charge in [0.15, 0.2) is 0 Å². The molecule has 0 radical (unpaired) electrons. The number of carbonyl (C=O) groups is 2. The zero-order valence-electron chi connectivity index (χ0n) is 11.0. The number of carboxylic acids is 1. The highest BCUT2D eigenvalue weighted by atomic mass is 35.5. The van der Waals surface area contributed by atoms with Crippen LogP contribution in [0.5, 0.6) is 0 Å². The van der Waals surface area contributed by atoms with Crippen LogP contribution in [0.15, 0.2) is 16.9 Å². The number of pyridine rings is 1. The molecule has 1 fully saturated rings. The summed E-state index contributed by atoms with van der Waals surface area (Å²) >= 11 is 5.67. The minimum Gasteiger partial charge on any atom is -0.477 e. The van der Waals surface area contributed by atoms with Crippen LogP contribution in [0.1, 0.15) is 34.8 Å². The summed E-state index contributed by atoms with van der Waals surface area (Å²) in [5.41, 5.74) is -1.72. The van der Waals surface area contributed by atoms with Crippen molar-refractivity contribution >= 4 is 34.6 Å². The molecule has 1 aromatic carbocycles. The molecule has 0 bridgehead atoms. The Morgan fingerprint density at radius 1 is 1.27 bits per heavy atom. The van der Waals surface area contributed by atoms with Crippen LogP contribution in [0.4, 0.5) is 9.18 Å². The maximum atomic E-state index is 13.6. The van der Waals surface area contributed by atoms with E-state index in [-0.39, 0.29) is 27.5 Å². The lowest BCUT2D eigenvalue weighted by Crippen LogP contribution is -2.27. The number of aromatic carboxylic acids is 1. The number of benzene rings is 1. The van der Waals surface area contributed by atoms with Gasteiger partial charge in [-0.15, -0.1) is 0 Å². The number of aromatic nitrogens is 1. The monoisotopic (exact) mass is 325 g/mol. The third-order valence-corrected chi connectivity index (χ3v) is 3.91. The van der Waals surface area contributed by atoms with E-state index in [1.165, 1.54) is 0 Å². The van der Waals surface area contributed by atoms with E-state index in [0.717, 1.165) is 16.7 Å². The van der Waals surface area contributed by atoms with Crippen molar-refractivity contribution < 1.29 is 24.2 Å². The van der Waals surface area contributed by atoms with Gasteiger partial charge in [-0.3, -0.25) is 4.79 Å². The Morgan fingerprint density at radius 3 is 2.41 bits per heavy atom. The summed E-state index contributed by atoms with van der Waals surface area (Å²) in [6, 6.07) is 1.79. The quantitative estimate of drug-likeness (QED) is 0.885. The normalized spacial score (nSPS) is 14.3. The number of carboxylic acid groups (broad SMARTS) is 2. The van der Waals surface area contributed by atoms with E-state index in [2.05, 4.69) is 0 Å². The fourth-order valence-electron chi connectivity index (χ4n) is 2.55. The minimum atomic E-state index is -1.53. The lowest BCUT2D eigenvalue weighted by molar-refractivity contribution is 0.0693. The van der Waals surface area contributed by atoms with Gasteiger partial charge in [0.25, 0.3) is 0 Å². The standard InChI is InChI=1S/C14H9ClFNO5/c15-7-4-9-6(3-8(7)16)12(18)10(13(19)20)11(5-1-2-5)17(9)14(21)22/h3-5H,1-2H2,(H,19,20)(H,21,22). The molecular weight excluding hydrogens is 317 g/mol. The molecule has 2 N–H and O–H groups in total. The van der Waals surface area contributed by atoms with Crippen molar-refractivity contribution in [2.75, 3.05) is 0 Å². The van der Waals surface area contributed by atoms with Gasteiger partial charge in [0.05, 0.1) is 21.6 Å². The Kier molecular flexibility index (Phi) is 3.17. The molecule has 0 unspecified atom stereocenters. The molecular formula is C14H9ClFNO5. The number of halogens is 2. The second-order valence-electron chi connectivity index (χ2n) is 5.07. The summed E-state index contributed by atoms with van der Waals surface area (Å²) < 4.78 is 14.3. The van der Waals surface area contributed by atoms with Gasteiger partial charge in [-0.25, -0.2) is 18.5 Å². The molecule has 1 heterocycles. The Bertz CT molecular complexity index is 900. The molecule has 1 aliphatic rings. The first-order chi connectivity index (χ1) is 10.3. The molecule has 0 saturated heterocycles. The van der Waals surface area contributed by atoms with Crippen molar-refractivity contribution in [3.05, 3.63) is 44.5 Å². The van der Waals surface area contributed by atoms with Gasteiger partial charge in [0.1, 0.15) is 11.4 Å². The maximum Gasteiger partial charge on any atom is 0.416 e. The zero-order valence-corrected chi connectivity index (χ0v) is 11.7. The van der Waals surface area contributed by atoms with E-state index in [9.17, 15) is 29.0 Å². The Labute approximate surface area is 127 Å². The van der Waals surface area contributed by atoms with Crippen molar-refractivity contribution in [3.63, 3.8) is 0 Å². The first-order valence-corrected chi connectivity index (χ1v) is 6.75. The lowest BCUT2D eigenvalue weighted by atomic mass is 10.0. The van der Waals surface area contributed by atoms with E-state index in [1.54, 1.807) is 0 Å². The van der Waals surface area contributed by atoms with Crippen LogP contribution in [-0.4, -0.2) is 26.8 Å². The van der Waals surface area contributed by atoms with Gasteiger partial charge in [-0.2, -0.15) is 0 Å². The first kappa shape index (κ1) is 14.5. The van der Waals surface area contributed by atoms with Crippen LogP contribution in [0, 0.1) is 5.82 Å². The second kappa shape index (κ2) is 4.81. The predicted molar refractivity (Wildman–Crippen MR) is 75.5 cm³/mol. The Morgan fingerprint density at radius 2 is 1.91 bits per heavy atom. The molecule has 2 aromatic rings. The maximum absolute atomic E-state index is 13.6. The van der Waals surface area contributed by atoms with Crippen LogP contribution in [0.3, 0.4) is 0 Å². The molecule has 1 aromatic heterocycles. The van der Waals surface area contributed by atoms with E-state index < -0.39 is 28.9 Å². The molecule has 0 atom stereocenters. The van der Waals surface area contributed by atoms with Gasteiger partial charge >= 0.3 is 12.1 Å². The van der Waals surface area contributed by atoms with Crippen molar-refractivity contribution in [2.24, 2.45) is 0 Å². The van der Waals surface area contributed by atoms with Crippen molar-refractivity contribution in [1.29, 1.82) is 0 Å². The van der Waals surface area contributed by atoms with Crippen LogP contribution < -0.4 is 5.43 Å². The summed E-state index contributed by atoms with van der Waals surface area (Å²) in [6.07, 6.45) is -0.266. The summed E-state index contributed by atoms with van der Waals surface area (Å²) in [7, 11) is 0. The van der Waals surface area contributed by atoms with E-state index in [0.29, 0.717) is 12.8 Å². The fourth-order valence-corrected chi connectivity index (χ4v) is 2.71. The molecule has 8 heteroatoms. The third-order valence-electron chi connectivity index (χ3n) is 3.62. The number of nitrogens with zero attached hydrogens (tertiary/aromatic N) is 1. The van der Waals surface area contributed by atoms with Gasteiger partial charge in [0.2, 0.25) is 5.43 Å². The molecule has 6 nitrogen and oxygen atoms in total. The van der Waals surface area contributed by atoms with Gasteiger partial charge in [-0.05, 0) is 25.0 Å². The Balaban J connectivity index is 2.59. The van der Waals surface area contributed by atoms with Gasteiger partial charge < -0.3 is 10.2 Å². The SMILES string of the molecule is O=C(O)c1c(C2CC2)n(C(=O)O)c2cc(Cl)c(F)cc2c1=O. The number of hydrogen-bond donors (Lipinski definition) is 2. The summed E-state index contributed by atoms with van der Waals surface area (Å²) in [6.45, 7) is 0. The molecule has 114 valence electrons. The molecule has 3 rings (SSSR count). The highest BCUT2D eigenvalue weighted by Crippen LogP contribution is 2.42. The van der Waals surface area contributed by atoms with Gasteiger partial charge in [-0.1, -0.05) is 11.6 Å². The van der Waals surface area contributed by atoms with Crippen LogP contribution in [0.2, 0.25) is 5.02 Å². The summed E-state index contributed by atoms with van der Waals surface area (Å²) in [4.78, 5) is 35.4. The molecule has 1 saturated carbocycles. The van der Waals surface area contributed by atoms with Crippen LogP contribution in [-0.2, 0) is 0 Å². The summed E-state index contributed by atoms with van der Waals surface area (Å²) in [5.74, 6) is -2.76. The topological polar surface area (TPSA) is 96.6 Å².